The molecular formula is C16H13N3O4S. The number of furan rings is 1. The number of aromatic nitrogens is 3. The van der Waals surface area contributed by atoms with E-state index >= 15 is 0 Å². The van der Waals surface area contributed by atoms with E-state index in [1.54, 1.807) is 18.2 Å². The van der Waals surface area contributed by atoms with Gasteiger partial charge in [-0.1, -0.05) is 42.1 Å². The second-order valence-electron chi connectivity index (χ2n) is 4.72. The van der Waals surface area contributed by atoms with E-state index in [1.807, 2.05) is 18.2 Å². The molecule has 3 rings (SSSR count). The number of thioether (sulfide) groups is 1. The lowest BCUT2D eigenvalue weighted by Gasteiger charge is -2.01. The zero-order valence-corrected chi connectivity index (χ0v) is 13.5. The molecule has 0 amide bonds. The second kappa shape index (κ2) is 7.14. The Bertz CT molecular complexity index is 905. The molecule has 3 aromatic rings. The molecular weight excluding hydrogens is 330 g/mol. The van der Waals surface area contributed by atoms with Gasteiger partial charge in [0.15, 0.2) is 10.9 Å². The minimum Gasteiger partial charge on any atom is -0.463 e. The van der Waals surface area contributed by atoms with Crippen molar-refractivity contribution in [3.8, 4) is 11.3 Å². The highest BCUT2D eigenvalue weighted by Gasteiger charge is 2.12. The SMILES string of the molecule is COC(=O)c1ccc(CSc2nnc(-c3ccccc3)c(=O)[nH]2)o1. The molecule has 0 aliphatic rings. The summed E-state index contributed by atoms with van der Waals surface area (Å²) in [4.78, 5) is 26.1. The Labute approximate surface area is 141 Å². The van der Waals surface area contributed by atoms with Crippen molar-refractivity contribution in [2.24, 2.45) is 0 Å². The van der Waals surface area contributed by atoms with Crippen LogP contribution in [0.25, 0.3) is 11.3 Å². The normalized spacial score (nSPS) is 10.5. The predicted molar refractivity (Wildman–Crippen MR) is 87.7 cm³/mol. The molecule has 7 nitrogen and oxygen atoms in total. The number of nitrogens with zero attached hydrogens (tertiary/aromatic N) is 2. The standard InChI is InChI=1S/C16H13N3O4S/c1-22-15(21)12-8-7-11(23-12)9-24-16-17-14(20)13(18-19-16)10-5-3-2-4-6-10/h2-8H,9H2,1H3,(H,17,19,20). The van der Waals surface area contributed by atoms with Crippen molar-refractivity contribution >= 4 is 17.7 Å². The Kier molecular flexibility index (Phi) is 4.76. The van der Waals surface area contributed by atoms with Gasteiger partial charge in [0.1, 0.15) is 5.76 Å². The van der Waals surface area contributed by atoms with Gasteiger partial charge in [0, 0.05) is 5.56 Å². The summed E-state index contributed by atoms with van der Waals surface area (Å²) >= 11 is 1.25. The number of esters is 1. The maximum atomic E-state index is 12.1. The van der Waals surface area contributed by atoms with Gasteiger partial charge in [-0.05, 0) is 12.1 Å². The zero-order chi connectivity index (χ0) is 16.9. The third-order valence-electron chi connectivity index (χ3n) is 3.12. The molecule has 0 bridgehead atoms. The van der Waals surface area contributed by atoms with Crippen LogP contribution in [0.1, 0.15) is 16.3 Å². The Morgan fingerprint density at radius 2 is 2.00 bits per heavy atom. The first-order valence-electron chi connectivity index (χ1n) is 6.99. The van der Waals surface area contributed by atoms with Gasteiger partial charge in [0.25, 0.3) is 5.56 Å². The molecule has 0 fully saturated rings. The molecule has 0 unspecified atom stereocenters. The van der Waals surface area contributed by atoms with Crippen LogP contribution in [-0.2, 0) is 10.5 Å². The Hall–Kier alpha value is -2.87. The summed E-state index contributed by atoms with van der Waals surface area (Å²) in [6.07, 6.45) is 0. The molecule has 0 radical (unpaired) electrons. The van der Waals surface area contributed by atoms with Crippen LogP contribution in [0.4, 0.5) is 0 Å². The maximum absolute atomic E-state index is 12.1. The van der Waals surface area contributed by atoms with Crippen LogP contribution in [0.2, 0.25) is 0 Å². The number of hydrogen-bond acceptors (Lipinski definition) is 7. The molecule has 24 heavy (non-hydrogen) atoms. The van der Waals surface area contributed by atoms with Crippen LogP contribution in [0.15, 0.2) is 56.8 Å². The highest BCUT2D eigenvalue weighted by atomic mass is 32.2. The molecule has 2 heterocycles. The second-order valence-corrected chi connectivity index (χ2v) is 5.68. The van der Waals surface area contributed by atoms with Gasteiger partial charge in [-0.3, -0.25) is 9.78 Å². The fraction of sp³-hybridized carbons (Fsp3) is 0.125. The lowest BCUT2D eigenvalue weighted by atomic mass is 10.2. The van der Waals surface area contributed by atoms with Crippen LogP contribution in [-0.4, -0.2) is 28.3 Å². The number of H-pyrrole nitrogens is 1. The van der Waals surface area contributed by atoms with E-state index in [9.17, 15) is 9.59 Å². The summed E-state index contributed by atoms with van der Waals surface area (Å²) in [5, 5.41) is 8.37. The fourth-order valence-electron chi connectivity index (χ4n) is 1.98. The van der Waals surface area contributed by atoms with Crippen LogP contribution >= 0.6 is 11.8 Å². The van der Waals surface area contributed by atoms with Gasteiger partial charge in [-0.2, -0.15) is 0 Å². The number of ether oxygens (including phenoxy) is 1. The van der Waals surface area contributed by atoms with Gasteiger partial charge < -0.3 is 9.15 Å². The van der Waals surface area contributed by atoms with Crippen molar-refractivity contribution in [3.63, 3.8) is 0 Å². The first-order chi connectivity index (χ1) is 11.7. The number of carbonyl (C=O) groups excluding carboxylic acids is 1. The largest absolute Gasteiger partial charge is 0.463 e. The summed E-state index contributed by atoms with van der Waals surface area (Å²) < 4.78 is 9.92. The molecule has 1 N–H and O–H groups in total. The third-order valence-corrected chi connectivity index (χ3v) is 4.01. The number of rotatable bonds is 5. The van der Waals surface area contributed by atoms with Gasteiger partial charge >= 0.3 is 5.97 Å². The minimum atomic E-state index is -0.535. The summed E-state index contributed by atoms with van der Waals surface area (Å²) in [5.41, 5.74) is 0.663. The van der Waals surface area contributed by atoms with Crippen LogP contribution in [0.3, 0.4) is 0 Å². The Balaban J connectivity index is 1.70. The molecule has 8 heteroatoms. The summed E-state index contributed by atoms with van der Waals surface area (Å²) in [7, 11) is 1.29. The monoisotopic (exact) mass is 343 g/mol. The van der Waals surface area contributed by atoms with Crippen LogP contribution in [0.5, 0.6) is 0 Å². The van der Waals surface area contributed by atoms with Crippen molar-refractivity contribution < 1.29 is 13.9 Å². The Morgan fingerprint density at radius 3 is 2.71 bits per heavy atom. The van der Waals surface area contributed by atoms with E-state index in [2.05, 4.69) is 19.9 Å². The number of aromatic amines is 1. The topological polar surface area (TPSA) is 98.1 Å². The first kappa shape index (κ1) is 16.0. The highest BCUT2D eigenvalue weighted by Crippen LogP contribution is 2.20. The van der Waals surface area contributed by atoms with Crippen molar-refractivity contribution in [3.05, 3.63) is 64.3 Å². The van der Waals surface area contributed by atoms with Gasteiger partial charge in [-0.15, -0.1) is 10.2 Å². The molecule has 2 aromatic heterocycles. The molecule has 0 spiro atoms. The average Bonchev–Trinajstić information content (AvgIpc) is 3.09. The van der Waals surface area contributed by atoms with E-state index in [-0.39, 0.29) is 17.0 Å². The third kappa shape index (κ3) is 3.54. The lowest BCUT2D eigenvalue weighted by Crippen LogP contribution is -2.14. The maximum Gasteiger partial charge on any atom is 0.373 e. The summed E-state index contributed by atoms with van der Waals surface area (Å²) in [6, 6.07) is 12.3. The van der Waals surface area contributed by atoms with Gasteiger partial charge in [0.2, 0.25) is 5.76 Å². The minimum absolute atomic E-state index is 0.132. The predicted octanol–water partition coefficient (Wildman–Crippen LogP) is 2.50. The van der Waals surface area contributed by atoms with E-state index in [4.69, 9.17) is 4.42 Å². The molecule has 0 aliphatic carbocycles. The van der Waals surface area contributed by atoms with E-state index in [0.29, 0.717) is 22.2 Å². The van der Waals surface area contributed by atoms with Crippen LogP contribution in [0, 0.1) is 0 Å². The summed E-state index contributed by atoms with van der Waals surface area (Å²) in [6.45, 7) is 0. The smallest absolute Gasteiger partial charge is 0.373 e. The number of benzene rings is 1. The average molecular weight is 343 g/mol. The number of hydrogen-bond donors (Lipinski definition) is 1. The lowest BCUT2D eigenvalue weighted by molar-refractivity contribution is 0.0563. The highest BCUT2D eigenvalue weighted by molar-refractivity contribution is 7.98. The Morgan fingerprint density at radius 1 is 1.21 bits per heavy atom. The van der Waals surface area contributed by atoms with Crippen molar-refractivity contribution in [1.82, 2.24) is 15.2 Å². The molecule has 122 valence electrons. The molecule has 0 aliphatic heterocycles. The first-order valence-corrected chi connectivity index (χ1v) is 7.98. The van der Waals surface area contributed by atoms with E-state index in [0.717, 1.165) is 0 Å². The molecule has 1 aromatic carbocycles. The summed E-state index contributed by atoms with van der Waals surface area (Å²) in [5.74, 6) is 0.556. The van der Waals surface area contributed by atoms with Gasteiger partial charge in [0.05, 0.1) is 12.9 Å². The van der Waals surface area contributed by atoms with E-state index < -0.39 is 5.97 Å². The number of nitrogens with one attached hydrogen (secondary N) is 1. The molecule has 0 saturated heterocycles. The van der Waals surface area contributed by atoms with Crippen LogP contribution < -0.4 is 5.56 Å². The number of methoxy groups -OCH3 is 1. The van der Waals surface area contributed by atoms with Crippen molar-refractivity contribution in [2.75, 3.05) is 7.11 Å². The van der Waals surface area contributed by atoms with Crippen molar-refractivity contribution in [2.45, 2.75) is 10.9 Å². The van der Waals surface area contributed by atoms with Crippen molar-refractivity contribution in [1.29, 1.82) is 0 Å². The fourth-order valence-corrected chi connectivity index (χ4v) is 2.67. The van der Waals surface area contributed by atoms with Gasteiger partial charge in [-0.25, -0.2) is 4.79 Å². The van der Waals surface area contributed by atoms with E-state index in [1.165, 1.54) is 24.9 Å². The molecule has 0 atom stereocenters. The number of carbonyl (C=O) groups is 1. The molecule has 0 saturated carbocycles. The quantitative estimate of drug-likeness (QED) is 0.561. The zero-order valence-electron chi connectivity index (χ0n) is 12.7.